The molecule has 0 fully saturated rings. The van der Waals surface area contributed by atoms with Gasteiger partial charge in [0.1, 0.15) is 17.3 Å². The monoisotopic (exact) mass is 324 g/mol. The Bertz CT molecular complexity index is 807. The minimum absolute atomic E-state index is 0.120. The van der Waals surface area contributed by atoms with Crippen molar-refractivity contribution in [2.45, 2.75) is 25.9 Å². The average molecular weight is 324 g/mol. The van der Waals surface area contributed by atoms with Gasteiger partial charge in [0.25, 0.3) is 5.91 Å². The van der Waals surface area contributed by atoms with Crippen LogP contribution in [0, 0.1) is 6.92 Å². The third kappa shape index (κ3) is 3.62. The lowest BCUT2D eigenvalue weighted by Gasteiger charge is -2.19. The summed E-state index contributed by atoms with van der Waals surface area (Å²) in [6.45, 7) is 2.72. The molecule has 0 aliphatic carbocycles. The van der Waals surface area contributed by atoms with E-state index in [1.54, 1.807) is 6.20 Å². The van der Waals surface area contributed by atoms with Gasteiger partial charge in [-0.1, -0.05) is 30.3 Å². The van der Waals surface area contributed by atoms with E-state index in [4.69, 9.17) is 5.73 Å². The number of aromatic amines is 1. The summed E-state index contributed by atoms with van der Waals surface area (Å²) in [5, 5.41) is 9.48. The van der Waals surface area contributed by atoms with E-state index in [2.05, 4.69) is 25.1 Å². The lowest BCUT2D eigenvalue weighted by molar-refractivity contribution is 0.0928. The van der Waals surface area contributed by atoms with E-state index in [9.17, 15) is 4.79 Å². The predicted octanol–water partition coefficient (Wildman–Crippen LogP) is 2.06. The van der Waals surface area contributed by atoms with Gasteiger partial charge in [-0.05, 0) is 18.9 Å². The van der Waals surface area contributed by atoms with E-state index in [1.165, 1.54) is 6.07 Å². The Labute approximate surface area is 139 Å². The number of aromatic nitrogens is 4. The molecule has 24 heavy (non-hydrogen) atoms. The Balaban J connectivity index is 1.75. The zero-order chi connectivity index (χ0) is 16.9. The molecule has 4 N–H and O–H groups in total. The smallest absolute Gasteiger partial charge is 0.269 e. The molecule has 1 atom stereocenters. The van der Waals surface area contributed by atoms with Crippen molar-refractivity contribution < 1.29 is 4.79 Å². The number of carbonyl (C=O) groups excluding carboxylic acids is 1. The minimum Gasteiger partial charge on any atom is -0.382 e. The maximum Gasteiger partial charge on any atom is 0.269 e. The summed E-state index contributed by atoms with van der Waals surface area (Å²) in [4.78, 5) is 16.6. The Morgan fingerprint density at radius 3 is 2.79 bits per heavy atom. The van der Waals surface area contributed by atoms with Crippen LogP contribution in [0.3, 0.4) is 0 Å². The summed E-state index contributed by atoms with van der Waals surface area (Å²) in [6.07, 6.45) is 4.46. The van der Waals surface area contributed by atoms with Gasteiger partial charge in [0.15, 0.2) is 0 Å². The number of nitrogen functional groups attached to an aromatic ring is 1. The first-order chi connectivity index (χ1) is 11.6. The fraction of sp³-hybridized carbons (Fsp3) is 0.235. The van der Waals surface area contributed by atoms with Crippen molar-refractivity contribution in [3.05, 3.63) is 65.9 Å². The molecule has 7 nitrogen and oxygen atoms in total. The third-order valence-electron chi connectivity index (χ3n) is 3.93. The summed E-state index contributed by atoms with van der Waals surface area (Å²) in [7, 11) is 0. The van der Waals surface area contributed by atoms with Gasteiger partial charge in [-0.2, -0.15) is 5.10 Å². The number of aryl methyl sites for hydroxylation is 2. The van der Waals surface area contributed by atoms with Crippen molar-refractivity contribution >= 4 is 11.7 Å². The molecule has 1 aromatic carbocycles. The lowest BCUT2D eigenvalue weighted by Crippen LogP contribution is -2.29. The first-order valence-electron chi connectivity index (χ1n) is 7.78. The fourth-order valence-corrected chi connectivity index (χ4v) is 2.61. The highest BCUT2D eigenvalue weighted by atomic mass is 16.2. The molecule has 7 heteroatoms. The second kappa shape index (κ2) is 6.99. The van der Waals surface area contributed by atoms with Crippen molar-refractivity contribution in [2.75, 3.05) is 5.73 Å². The zero-order valence-corrected chi connectivity index (χ0v) is 13.4. The Kier molecular flexibility index (Phi) is 4.60. The molecule has 0 aliphatic heterocycles. The second-order valence-corrected chi connectivity index (χ2v) is 5.60. The number of nitrogens with two attached hydrogens (primary N) is 1. The molecule has 2 heterocycles. The minimum atomic E-state index is -0.226. The zero-order valence-electron chi connectivity index (χ0n) is 13.4. The van der Waals surface area contributed by atoms with Crippen LogP contribution >= 0.6 is 0 Å². The fourth-order valence-electron chi connectivity index (χ4n) is 2.61. The van der Waals surface area contributed by atoms with E-state index in [1.807, 2.05) is 43.5 Å². The maximum atomic E-state index is 12.4. The molecule has 0 aliphatic rings. The number of imidazole rings is 1. The van der Waals surface area contributed by atoms with E-state index in [0.717, 1.165) is 24.4 Å². The van der Waals surface area contributed by atoms with E-state index in [0.29, 0.717) is 11.5 Å². The van der Waals surface area contributed by atoms with E-state index < -0.39 is 0 Å². The van der Waals surface area contributed by atoms with Crippen LogP contribution in [0.5, 0.6) is 0 Å². The summed E-state index contributed by atoms with van der Waals surface area (Å²) in [5.74, 6) is 1.02. The normalized spacial score (nSPS) is 12.0. The second-order valence-electron chi connectivity index (χ2n) is 5.60. The van der Waals surface area contributed by atoms with Crippen molar-refractivity contribution in [2.24, 2.45) is 0 Å². The van der Waals surface area contributed by atoms with E-state index >= 15 is 0 Å². The number of nitrogens with one attached hydrogen (secondary N) is 2. The summed E-state index contributed by atoms with van der Waals surface area (Å²) < 4.78 is 2.07. The standard InChI is InChI=1S/C17H20N6O/c1-12-19-8-10-23(12)9-7-14(13-5-3-2-4-6-13)20-17(24)15-11-16(18)22-21-15/h2-6,8,10-11,14H,7,9H2,1H3,(H,20,24)(H3,18,21,22)/t14-/m1/s1. The number of hydrogen-bond acceptors (Lipinski definition) is 4. The van der Waals surface area contributed by atoms with Gasteiger partial charge in [-0.25, -0.2) is 4.98 Å². The number of hydrogen-bond donors (Lipinski definition) is 3. The van der Waals surface area contributed by atoms with Crippen LogP contribution in [0.2, 0.25) is 0 Å². The van der Waals surface area contributed by atoms with Crippen LogP contribution in [-0.2, 0) is 6.54 Å². The van der Waals surface area contributed by atoms with Crippen molar-refractivity contribution in [1.82, 2.24) is 25.1 Å². The third-order valence-corrected chi connectivity index (χ3v) is 3.93. The Morgan fingerprint density at radius 1 is 1.38 bits per heavy atom. The SMILES string of the molecule is Cc1nccn1CC[C@@H](NC(=O)c1cc(N)n[nH]1)c1ccccc1. The molecule has 0 unspecified atom stereocenters. The van der Waals surface area contributed by atoms with Gasteiger partial charge in [0, 0.05) is 25.0 Å². The van der Waals surface area contributed by atoms with Crippen LogP contribution in [0.15, 0.2) is 48.8 Å². The lowest BCUT2D eigenvalue weighted by atomic mass is 10.0. The maximum absolute atomic E-state index is 12.4. The first kappa shape index (κ1) is 15.8. The summed E-state index contributed by atoms with van der Waals surface area (Å²) in [5.41, 5.74) is 6.97. The molecular formula is C17H20N6O. The largest absolute Gasteiger partial charge is 0.382 e. The average Bonchev–Trinajstić information content (AvgIpc) is 3.20. The first-order valence-corrected chi connectivity index (χ1v) is 7.78. The Morgan fingerprint density at radius 2 is 2.17 bits per heavy atom. The van der Waals surface area contributed by atoms with Gasteiger partial charge in [0.05, 0.1) is 6.04 Å². The van der Waals surface area contributed by atoms with Crippen LogP contribution in [0.4, 0.5) is 5.82 Å². The van der Waals surface area contributed by atoms with Crippen molar-refractivity contribution in [3.8, 4) is 0 Å². The van der Waals surface area contributed by atoms with Gasteiger partial charge < -0.3 is 15.6 Å². The van der Waals surface area contributed by atoms with Crippen LogP contribution in [-0.4, -0.2) is 25.7 Å². The molecule has 0 saturated carbocycles. The van der Waals surface area contributed by atoms with Gasteiger partial charge in [-0.3, -0.25) is 9.89 Å². The van der Waals surface area contributed by atoms with Crippen LogP contribution in [0.25, 0.3) is 0 Å². The molecule has 1 amide bonds. The molecule has 3 aromatic rings. The topological polar surface area (TPSA) is 102 Å². The van der Waals surface area contributed by atoms with Crippen molar-refractivity contribution in [3.63, 3.8) is 0 Å². The highest BCUT2D eigenvalue weighted by Gasteiger charge is 2.17. The van der Waals surface area contributed by atoms with Crippen LogP contribution in [0.1, 0.15) is 34.3 Å². The number of benzene rings is 1. The number of H-pyrrole nitrogens is 1. The van der Waals surface area contributed by atoms with Gasteiger partial charge in [-0.15, -0.1) is 0 Å². The van der Waals surface area contributed by atoms with Crippen molar-refractivity contribution in [1.29, 1.82) is 0 Å². The highest BCUT2D eigenvalue weighted by Crippen LogP contribution is 2.18. The molecule has 0 saturated heterocycles. The molecule has 0 bridgehead atoms. The number of amides is 1. The molecule has 0 spiro atoms. The Hall–Kier alpha value is -3.09. The predicted molar refractivity (Wildman–Crippen MR) is 91.2 cm³/mol. The number of rotatable bonds is 6. The molecule has 0 radical (unpaired) electrons. The van der Waals surface area contributed by atoms with Crippen LogP contribution < -0.4 is 11.1 Å². The number of carbonyl (C=O) groups is 1. The number of nitrogens with zero attached hydrogens (tertiary/aromatic N) is 3. The summed E-state index contributed by atoms with van der Waals surface area (Å²) in [6, 6.07) is 11.3. The molecule has 3 rings (SSSR count). The molecule has 2 aromatic heterocycles. The molecular weight excluding hydrogens is 304 g/mol. The van der Waals surface area contributed by atoms with Gasteiger partial charge >= 0.3 is 0 Å². The van der Waals surface area contributed by atoms with E-state index in [-0.39, 0.29) is 11.9 Å². The molecule has 124 valence electrons. The number of anilines is 1. The quantitative estimate of drug-likeness (QED) is 0.646. The highest BCUT2D eigenvalue weighted by molar-refractivity contribution is 5.93. The summed E-state index contributed by atoms with van der Waals surface area (Å²) >= 11 is 0. The van der Waals surface area contributed by atoms with Gasteiger partial charge in [0.2, 0.25) is 0 Å².